The summed E-state index contributed by atoms with van der Waals surface area (Å²) in [5.41, 5.74) is 6.28. The summed E-state index contributed by atoms with van der Waals surface area (Å²) in [5, 5.41) is 2.82. The Bertz CT molecular complexity index is 383. The van der Waals surface area contributed by atoms with Gasteiger partial charge in [0.2, 0.25) is 5.91 Å². The van der Waals surface area contributed by atoms with E-state index in [4.69, 9.17) is 15.2 Å². The first-order valence-electron chi connectivity index (χ1n) is 6.55. The van der Waals surface area contributed by atoms with Crippen molar-refractivity contribution in [3.63, 3.8) is 0 Å². The summed E-state index contributed by atoms with van der Waals surface area (Å²) in [6.07, 6.45) is 1.17. The highest BCUT2D eigenvalue weighted by Gasteiger charge is 2.01. The molecule has 0 aliphatic heterocycles. The fraction of sp³-hybridized carbons (Fsp3) is 0.500. The summed E-state index contributed by atoms with van der Waals surface area (Å²) in [5.74, 6) is 0.671. The monoisotopic (exact) mass is 266 g/mol. The maximum atomic E-state index is 11.5. The number of nitrogens with one attached hydrogen (secondary N) is 1. The van der Waals surface area contributed by atoms with Crippen molar-refractivity contribution in [3.8, 4) is 5.75 Å². The highest BCUT2D eigenvalue weighted by molar-refractivity contribution is 5.75. The van der Waals surface area contributed by atoms with Gasteiger partial charge in [0.15, 0.2) is 0 Å². The van der Waals surface area contributed by atoms with Crippen molar-refractivity contribution in [2.45, 2.75) is 19.8 Å². The number of hydrogen-bond donors (Lipinski definition) is 2. The van der Waals surface area contributed by atoms with Gasteiger partial charge in [0.25, 0.3) is 0 Å². The molecule has 0 bridgehead atoms. The third-order valence-electron chi connectivity index (χ3n) is 2.45. The lowest BCUT2D eigenvalue weighted by molar-refractivity contribution is -0.121. The second-order valence-corrected chi connectivity index (χ2v) is 4.07. The van der Waals surface area contributed by atoms with Crippen molar-refractivity contribution < 1.29 is 14.3 Å². The Balaban J connectivity index is 2.07. The second-order valence-electron chi connectivity index (χ2n) is 4.07. The summed E-state index contributed by atoms with van der Waals surface area (Å²) >= 11 is 0. The molecule has 0 aromatic heterocycles. The van der Waals surface area contributed by atoms with E-state index in [1.54, 1.807) is 12.1 Å². The average molecular weight is 266 g/mol. The Kier molecular flexibility index (Phi) is 7.43. The van der Waals surface area contributed by atoms with E-state index in [1.807, 2.05) is 19.1 Å². The van der Waals surface area contributed by atoms with Crippen LogP contribution in [0.1, 0.15) is 19.8 Å². The second kappa shape index (κ2) is 9.22. The lowest BCUT2D eigenvalue weighted by Gasteiger charge is -2.07. The molecule has 5 heteroatoms. The zero-order valence-electron chi connectivity index (χ0n) is 11.4. The zero-order valence-corrected chi connectivity index (χ0v) is 11.4. The summed E-state index contributed by atoms with van der Waals surface area (Å²) in [4.78, 5) is 11.5. The molecule has 106 valence electrons. The molecule has 0 aliphatic rings. The molecule has 0 heterocycles. The number of carbonyl (C=O) groups is 1. The van der Waals surface area contributed by atoms with E-state index in [2.05, 4.69) is 5.32 Å². The van der Waals surface area contributed by atoms with Gasteiger partial charge in [-0.1, -0.05) is 6.07 Å². The number of amides is 1. The van der Waals surface area contributed by atoms with Crippen molar-refractivity contribution in [2.75, 3.05) is 32.1 Å². The molecule has 0 atom stereocenters. The van der Waals surface area contributed by atoms with Crippen LogP contribution in [-0.4, -0.2) is 32.3 Å². The SMILES string of the molecule is CCOCCCNC(=O)CCOc1cccc(N)c1. The molecule has 0 saturated heterocycles. The summed E-state index contributed by atoms with van der Waals surface area (Å²) in [6.45, 7) is 4.32. The lowest BCUT2D eigenvalue weighted by Crippen LogP contribution is -2.26. The molecule has 1 amide bonds. The van der Waals surface area contributed by atoms with E-state index in [0.29, 0.717) is 44.2 Å². The van der Waals surface area contributed by atoms with Gasteiger partial charge in [-0.15, -0.1) is 0 Å². The summed E-state index contributed by atoms with van der Waals surface area (Å²) in [7, 11) is 0. The molecule has 1 aromatic rings. The molecule has 5 nitrogen and oxygen atoms in total. The van der Waals surface area contributed by atoms with Gasteiger partial charge in [-0.25, -0.2) is 0 Å². The lowest BCUT2D eigenvalue weighted by atomic mass is 10.3. The first-order valence-corrected chi connectivity index (χ1v) is 6.55. The number of nitrogens with two attached hydrogens (primary N) is 1. The van der Waals surface area contributed by atoms with Gasteiger partial charge in [0.05, 0.1) is 13.0 Å². The Morgan fingerprint density at radius 3 is 2.95 bits per heavy atom. The number of ether oxygens (including phenoxy) is 2. The smallest absolute Gasteiger partial charge is 0.223 e. The minimum absolute atomic E-state index is 0.0135. The van der Waals surface area contributed by atoms with Crippen LogP contribution in [0.4, 0.5) is 5.69 Å². The third kappa shape index (κ3) is 7.31. The molecular formula is C14H22N2O3. The quantitative estimate of drug-likeness (QED) is 0.526. The fourth-order valence-electron chi connectivity index (χ4n) is 1.50. The minimum Gasteiger partial charge on any atom is -0.493 e. The number of nitrogen functional groups attached to an aromatic ring is 1. The first-order chi connectivity index (χ1) is 9.22. The van der Waals surface area contributed by atoms with Crippen LogP contribution in [0.25, 0.3) is 0 Å². The normalized spacial score (nSPS) is 10.2. The Labute approximate surface area is 114 Å². The molecule has 19 heavy (non-hydrogen) atoms. The number of anilines is 1. The van der Waals surface area contributed by atoms with Gasteiger partial charge in [-0.05, 0) is 25.5 Å². The van der Waals surface area contributed by atoms with Crippen LogP contribution in [0.3, 0.4) is 0 Å². The van der Waals surface area contributed by atoms with E-state index < -0.39 is 0 Å². The van der Waals surface area contributed by atoms with Gasteiger partial charge in [-0.2, -0.15) is 0 Å². The van der Waals surface area contributed by atoms with Gasteiger partial charge < -0.3 is 20.5 Å². The Morgan fingerprint density at radius 1 is 1.37 bits per heavy atom. The highest BCUT2D eigenvalue weighted by Crippen LogP contribution is 2.14. The van der Waals surface area contributed by atoms with Crippen molar-refractivity contribution in [2.24, 2.45) is 0 Å². The molecular weight excluding hydrogens is 244 g/mol. The molecule has 1 rings (SSSR count). The maximum Gasteiger partial charge on any atom is 0.223 e. The fourth-order valence-corrected chi connectivity index (χ4v) is 1.50. The summed E-state index contributed by atoms with van der Waals surface area (Å²) in [6, 6.07) is 7.16. The van der Waals surface area contributed by atoms with Crippen LogP contribution >= 0.6 is 0 Å². The van der Waals surface area contributed by atoms with Crippen LogP contribution < -0.4 is 15.8 Å². The van der Waals surface area contributed by atoms with E-state index in [9.17, 15) is 4.79 Å². The van der Waals surface area contributed by atoms with Crippen molar-refractivity contribution in [3.05, 3.63) is 24.3 Å². The molecule has 0 radical (unpaired) electrons. The zero-order chi connectivity index (χ0) is 13.9. The first kappa shape index (κ1) is 15.3. The third-order valence-corrected chi connectivity index (χ3v) is 2.45. The molecule has 0 unspecified atom stereocenters. The Morgan fingerprint density at radius 2 is 2.21 bits per heavy atom. The van der Waals surface area contributed by atoms with Gasteiger partial charge >= 0.3 is 0 Å². The number of carbonyl (C=O) groups excluding carboxylic acids is 1. The molecule has 0 spiro atoms. The average Bonchev–Trinajstić information content (AvgIpc) is 2.38. The predicted molar refractivity (Wildman–Crippen MR) is 75.1 cm³/mol. The van der Waals surface area contributed by atoms with Crippen LogP contribution in [-0.2, 0) is 9.53 Å². The Hall–Kier alpha value is -1.75. The van der Waals surface area contributed by atoms with Crippen molar-refractivity contribution in [1.82, 2.24) is 5.32 Å². The number of hydrogen-bond acceptors (Lipinski definition) is 4. The number of benzene rings is 1. The van der Waals surface area contributed by atoms with Gasteiger partial charge in [-0.3, -0.25) is 4.79 Å². The van der Waals surface area contributed by atoms with Crippen LogP contribution in [0, 0.1) is 0 Å². The number of rotatable bonds is 9. The largest absolute Gasteiger partial charge is 0.493 e. The van der Waals surface area contributed by atoms with Crippen LogP contribution in [0.15, 0.2) is 24.3 Å². The van der Waals surface area contributed by atoms with E-state index in [1.165, 1.54) is 0 Å². The van der Waals surface area contributed by atoms with Gasteiger partial charge in [0.1, 0.15) is 5.75 Å². The maximum absolute atomic E-state index is 11.5. The van der Waals surface area contributed by atoms with E-state index in [-0.39, 0.29) is 5.91 Å². The van der Waals surface area contributed by atoms with Crippen LogP contribution in [0.5, 0.6) is 5.75 Å². The predicted octanol–water partition coefficient (Wildman–Crippen LogP) is 1.58. The molecule has 0 fully saturated rings. The van der Waals surface area contributed by atoms with E-state index in [0.717, 1.165) is 6.42 Å². The summed E-state index contributed by atoms with van der Waals surface area (Å²) < 4.78 is 10.6. The van der Waals surface area contributed by atoms with Gasteiger partial charge in [0, 0.05) is 31.5 Å². The molecule has 0 saturated carbocycles. The molecule has 3 N–H and O–H groups in total. The van der Waals surface area contributed by atoms with Crippen molar-refractivity contribution in [1.29, 1.82) is 0 Å². The molecule has 1 aromatic carbocycles. The standard InChI is InChI=1S/C14H22N2O3/c1-2-18-9-4-8-16-14(17)7-10-19-13-6-3-5-12(15)11-13/h3,5-6,11H,2,4,7-10,15H2,1H3,(H,16,17). The molecule has 0 aliphatic carbocycles. The highest BCUT2D eigenvalue weighted by atomic mass is 16.5. The van der Waals surface area contributed by atoms with Crippen LogP contribution in [0.2, 0.25) is 0 Å². The topological polar surface area (TPSA) is 73.6 Å². The van der Waals surface area contributed by atoms with E-state index >= 15 is 0 Å². The van der Waals surface area contributed by atoms with Crippen molar-refractivity contribution >= 4 is 11.6 Å². The minimum atomic E-state index is -0.0135.